The van der Waals surface area contributed by atoms with Gasteiger partial charge in [0.05, 0.1) is 16.9 Å². The monoisotopic (exact) mass is 350 g/mol. The summed E-state index contributed by atoms with van der Waals surface area (Å²) in [6.07, 6.45) is -4.40. The van der Waals surface area contributed by atoms with Crippen LogP contribution in [-0.2, 0) is 26.8 Å². The number of alkyl halides is 4. The van der Waals surface area contributed by atoms with E-state index in [2.05, 4.69) is 14.1 Å². The molecule has 122 valence electrons. The molecule has 0 aromatic carbocycles. The van der Waals surface area contributed by atoms with Gasteiger partial charge in [-0.2, -0.15) is 5.10 Å². The highest BCUT2D eigenvalue weighted by atomic mass is 32.2. The standard InChI is InChI=1S/C10H15F4N2O3PS/c1-16-10(21-2)3-7(15-16)6-20(17,18-4-8(11)12)19-5-9(13)14/h3,8-9H,4-6H2,1-2H3. The molecule has 1 aromatic rings. The number of thioether (sulfide) groups is 1. The summed E-state index contributed by atoms with van der Waals surface area (Å²) >= 11 is 1.37. The average Bonchev–Trinajstić information content (AvgIpc) is 2.74. The van der Waals surface area contributed by atoms with E-state index in [1.165, 1.54) is 16.4 Å². The lowest BCUT2D eigenvalue weighted by Crippen LogP contribution is -2.10. The summed E-state index contributed by atoms with van der Waals surface area (Å²) in [5.41, 5.74) is 0.258. The second kappa shape index (κ2) is 8.17. The van der Waals surface area contributed by atoms with Crippen LogP contribution < -0.4 is 0 Å². The number of rotatable bonds is 9. The Morgan fingerprint density at radius 3 is 2.19 bits per heavy atom. The van der Waals surface area contributed by atoms with Gasteiger partial charge in [0.2, 0.25) is 0 Å². The van der Waals surface area contributed by atoms with Gasteiger partial charge in [0.1, 0.15) is 13.2 Å². The van der Waals surface area contributed by atoms with Crippen LogP contribution in [0.15, 0.2) is 11.1 Å². The van der Waals surface area contributed by atoms with Crippen molar-refractivity contribution in [1.29, 1.82) is 0 Å². The lowest BCUT2D eigenvalue weighted by Gasteiger charge is -2.17. The van der Waals surface area contributed by atoms with E-state index >= 15 is 0 Å². The lowest BCUT2D eigenvalue weighted by molar-refractivity contribution is 0.0462. The number of nitrogens with zero attached hydrogens (tertiary/aromatic N) is 2. The zero-order chi connectivity index (χ0) is 16.0. The van der Waals surface area contributed by atoms with Crippen LogP contribution in [-0.4, -0.2) is 42.1 Å². The average molecular weight is 350 g/mol. The van der Waals surface area contributed by atoms with Crippen LogP contribution in [0.25, 0.3) is 0 Å². The van der Waals surface area contributed by atoms with Crippen LogP contribution >= 0.6 is 19.4 Å². The fourth-order valence-electron chi connectivity index (χ4n) is 1.44. The number of hydrogen-bond donors (Lipinski definition) is 0. The molecule has 0 radical (unpaired) electrons. The van der Waals surface area contributed by atoms with Gasteiger partial charge in [-0.15, -0.1) is 11.8 Å². The van der Waals surface area contributed by atoms with Gasteiger partial charge in [-0.25, -0.2) is 17.6 Å². The maximum absolute atomic E-state index is 12.2. The van der Waals surface area contributed by atoms with Crippen molar-refractivity contribution in [3.63, 3.8) is 0 Å². The molecule has 11 heteroatoms. The quantitative estimate of drug-likeness (QED) is 0.388. The highest BCUT2D eigenvalue weighted by Gasteiger charge is 2.30. The van der Waals surface area contributed by atoms with Crippen molar-refractivity contribution >= 4 is 19.4 Å². The smallest absolute Gasteiger partial charge is 0.302 e. The molecule has 1 aromatic heterocycles. The molecule has 0 atom stereocenters. The first kappa shape index (κ1) is 18.5. The maximum Gasteiger partial charge on any atom is 0.337 e. The summed E-state index contributed by atoms with van der Waals surface area (Å²) < 4.78 is 71.4. The van der Waals surface area contributed by atoms with Gasteiger partial charge in [-0.05, 0) is 12.3 Å². The minimum Gasteiger partial charge on any atom is -0.302 e. The van der Waals surface area contributed by atoms with Crippen LogP contribution in [0.4, 0.5) is 17.6 Å². The molecule has 0 N–H and O–H groups in total. The van der Waals surface area contributed by atoms with E-state index in [9.17, 15) is 22.1 Å². The highest BCUT2D eigenvalue weighted by Crippen LogP contribution is 2.51. The molecule has 1 rings (SSSR count). The second-order valence-electron chi connectivity index (χ2n) is 3.94. The summed E-state index contributed by atoms with van der Waals surface area (Å²) in [6.45, 7) is -2.30. The molecule has 0 spiro atoms. The van der Waals surface area contributed by atoms with Crippen LogP contribution in [0.5, 0.6) is 0 Å². The molecule has 0 aliphatic heterocycles. The fraction of sp³-hybridized carbons (Fsp3) is 0.700. The third-order valence-corrected chi connectivity index (χ3v) is 4.84. The minimum atomic E-state index is -4.11. The first-order valence-electron chi connectivity index (χ1n) is 5.77. The molecule has 0 fully saturated rings. The van der Waals surface area contributed by atoms with Gasteiger partial charge < -0.3 is 9.05 Å². The Kier molecular flexibility index (Phi) is 7.19. The molecule has 0 aliphatic rings. The van der Waals surface area contributed by atoms with Crippen LogP contribution in [0.2, 0.25) is 0 Å². The third-order valence-electron chi connectivity index (χ3n) is 2.25. The van der Waals surface area contributed by atoms with Crippen molar-refractivity contribution in [2.45, 2.75) is 24.0 Å². The van der Waals surface area contributed by atoms with Crippen molar-refractivity contribution in [1.82, 2.24) is 9.78 Å². The number of halogens is 4. The topological polar surface area (TPSA) is 53.4 Å². The van der Waals surface area contributed by atoms with Crippen LogP contribution in [0.3, 0.4) is 0 Å². The van der Waals surface area contributed by atoms with Crippen molar-refractivity contribution < 1.29 is 31.2 Å². The van der Waals surface area contributed by atoms with Gasteiger partial charge in [0.25, 0.3) is 12.9 Å². The molecular formula is C10H15F4N2O3PS. The van der Waals surface area contributed by atoms with E-state index in [1.54, 1.807) is 19.4 Å². The van der Waals surface area contributed by atoms with E-state index in [0.29, 0.717) is 0 Å². The zero-order valence-corrected chi connectivity index (χ0v) is 13.1. The fourth-order valence-corrected chi connectivity index (χ4v) is 3.49. The van der Waals surface area contributed by atoms with Crippen molar-refractivity contribution in [2.24, 2.45) is 7.05 Å². The molecule has 1 heterocycles. The molecular weight excluding hydrogens is 335 g/mol. The van der Waals surface area contributed by atoms with Crippen molar-refractivity contribution in [3.05, 3.63) is 11.8 Å². The Labute approximate surface area is 123 Å². The third kappa shape index (κ3) is 6.37. The molecule has 5 nitrogen and oxygen atoms in total. The summed E-state index contributed by atoms with van der Waals surface area (Å²) in [6, 6.07) is 1.56. The van der Waals surface area contributed by atoms with E-state index < -0.39 is 39.8 Å². The SMILES string of the molecule is CSc1cc(CP(=O)(OCC(F)F)OCC(F)F)nn1C. The van der Waals surface area contributed by atoms with E-state index in [-0.39, 0.29) is 5.69 Å². The van der Waals surface area contributed by atoms with Gasteiger partial charge in [0, 0.05) is 7.05 Å². The van der Waals surface area contributed by atoms with Gasteiger partial charge in [-0.1, -0.05) is 0 Å². The summed E-state index contributed by atoms with van der Waals surface area (Å²) in [7, 11) is -2.47. The van der Waals surface area contributed by atoms with Gasteiger partial charge >= 0.3 is 7.60 Å². The Morgan fingerprint density at radius 1 is 1.29 bits per heavy atom. The highest BCUT2D eigenvalue weighted by molar-refractivity contribution is 7.98. The summed E-state index contributed by atoms with van der Waals surface area (Å²) in [5.74, 6) is 0. The second-order valence-corrected chi connectivity index (χ2v) is 6.83. The Morgan fingerprint density at radius 2 is 1.81 bits per heavy atom. The lowest BCUT2D eigenvalue weighted by atomic mass is 10.5. The summed E-state index contributed by atoms with van der Waals surface area (Å²) in [4.78, 5) is 0. The number of aryl methyl sites for hydroxylation is 1. The normalized spacial score (nSPS) is 12.6. The summed E-state index contributed by atoms with van der Waals surface area (Å²) in [5, 5.41) is 4.74. The van der Waals surface area contributed by atoms with E-state index in [4.69, 9.17) is 0 Å². The number of aromatic nitrogens is 2. The Hall–Kier alpha value is -0.570. The Balaban J connectivity index is 2.81. The predicted molar refractivity (Wildman–Crippen MR) is 70.2 cm³/mol. The zero-order valence-electron chi connectivity index (χ0n) is 11.3. The van der Waals surface area contributed by atoms with Crippen LogP contribution in [0.1, 0.15) is 5.69 Å². The van der Waals surface area contributed by atoms with E-state index in [1.807, 2.05) is 0 Å². The van der Waals surface area contributed by atoms with Crippen molar-refractivity contribution in [2.75, 3.05) is 19.5 Å². The molecule has 0 unspecified atom stereocenters. The Bertz CT molecular complexity index is 485. The molecule has 0 amide bonds. The van der Waals surface area contributed by atoms with Gasteiger partial charge in [-0.3, -0.25) is 9.25 Å². The molecule has 21 heavy (non-hydrogen) atoms. The van der Waals surface area contributed by atoms with Gasteiger partial charge in [0.15, 0.2) is 0 Å². The molecule has 0 saturated heterocycles. The first-order chi connectivity index (χ1) is 9.75. The largest absolute Gasteiger partial charge is 0.337 e. The molecule has 0 saturated carbocycles. The van der Waals surface area contributed by atoms with E-state index in [0.717, 1.165) is 5.03 Å². The molecule has 0 bridgehead atoms. The maximum atomic E-state index is 12.2. The predicted octanol–water partition coefficient (Wildman–Crippen LogP) is 3.40. The van der Waals surface area contributed by atoms with Crippen LogP contribution in [0, 0.1) is 0 Å². The van der Waals surface area contributed by atoms with Crippen molar-refractivity contribution in [3.8, 4) is 0 Å². The minimum absolute atomic E-state index is 0.258. The first-order valence-corrected chi connectivity index (χ1v) is 8.72. The number of hydrogen-bond acceptors (Lipinski definition) is 5. The molecule has 0 aliphatic carbocycles.